The van der Waals surface area contributed by atoms with Crippen molar-refractivity contribution in [3.63, 3.8) is 0 Å². The Labute approximate surface area is 162 Å². The van der Waals surface area contributed by atoms with Gasteiger partial charge in [0.05, 0.1) is 12.9 Å². The lowest BCUT2D eigenvalue weighted by Gasteiger charge is -2.09. The number of hydrogen-bond acceptors (Lipinski definition) is 6. The van der Waals surface area contributed by atoms with Crippen LogP contribution in [-0.2, 0) is 6.54 Å². The van der Waals surface area contributed by atoms with Crippen molar-refractivity contribution in [2.24, 2.45) is 0 Å². The Bertz CT molecular complexity index is 976. The number of carbonyl (C=O) groups excluding carboxylic acids is 1. The van der Waals surface area contributed by atoms with Gasteiger partial charge < -0.3 is 9.30 Å². The molecule has 0 aliphatic heterocycles. The first-order valence-electron chi connectivity index (χ1n) is 8.42. The van der Waals surface area contributed by atoms with E-state index in [4.69, 9.17) is 4.74 Å². The number of para-hydroxylation sites is 2. The maximum atomic E-state index is 12.7. The Morgan fingerprint density at radius 1 is 1.33 bits per heavy atom. The lowest BCUT2D eigenvalue weighted by Crippen LogP contribution is -2.07. The Morgan fingerprint density at radius 3 is 2.85 bits per heavy atom. The van der Waals surface area contributed by atoms with Gasteiger partial charge in [-0.15, -0.1) is 11.7 Å². The predicted octanol–water partition coefficient (Wildman–Crippen LogP) is 3.25. The molecular formula is C19H21N5O2S. The third-order valence-corrected chi connectivity index (χ3v) is 5.19. The molecule has 0 atom stereocenters. The lowest BCUT2D eigenvalue weighted by molar-refractivity contribution is 0.102. The maximum Gasteiger partial charge on any atom is 0.214 e. The highest BCUT2D eigenvalue weighted by Gasteiger charge is 2.18. The molecule has 0 saturated carbocycles. The fourth-order valence-corrected chi connectivity index (χ4v) is 3.69. The van der Waals surface area contributed by atoms with E-state index in [2.05, 4.69) is 26.7 Å². The molecule has 27 heavy (non-hydrogen) atoms. The summed E-state index contributed by atoms with van der Waals surface area (Å²) in [6, 6.07) is 9.38. The molecule has 3 aromatic rings. The van der Waals surface area contributed by atoms with Crippen LogP contribution < -0.4 is 4.74 Å². The summed E-state index contributed by atoms with van der Waals surface area (Å²) in [7, 11) is 1.60. The minimum atomic E-state index is 0.0398. The van der Waals surface area contributed by atoms with Crippen LogP contribution in [0.15, 0.2) is 48.1 Å². The van der Waals surface area contributed by atoms with Gasteiger partial charge in [0.25, 0.3) is 0 Å². The molecule has 0 radical (unpaired) electrons. The van der Waals surface area contributed by atoms with E-state index in [-0.39, 0.29) is 11.5 Å². The standard InChI is InChI=1S/C19H21N5O2S/c1-5-10-23-13(2)11-15(14(23)3)17(25)12-27-19-20-21-22-24(19)16-8-6-7-9-18(16)26-4/h5-9,11H,1,10,12H2,2-4H3. The second kappa shape index (κ2) is 8.22. The zero-order valence-corrected chi connectivity index (χ0v) is 16.4. The minimum Gasteiger partial charge on any atom is -0.494 e. The van der Waals surface area contributed by atoms with Gasteiger partial charge in [0, 0.05) is 23.5 Å². The van der Waals surface area contributed by atoms with E-state index in [1.807, 2.05) is 50.3 Å². The Kier molecular flexibility index (Phi) is 5.75. The quantitative estimate of drug-likeness (QED) is 0.338. The molecule has 0 N–H and O–H groups in total. The number of hydrogen-bond donors (Lipinski definition) is 0. The number of ketones is 1. The van der Waals surface area contributed by atoms with Crippen LogP contribution in [0.2, 0.25) is 0 Å². The van der Waals surface area contributed by atoms with Gasteiger partial charge in [0.1, 0.15) is 11.4 Å². The van der Waals surface area contributed by atoms with Crippen LogP contribution in [0, 0.1) is 13.8 Å². The number of allylic oxidation sites excluding steroid dienone is 1. The van der Waals surface area contributed by atoms with Crippen molar-refractivity contribution >= 4 is 17.5 Å². The van der Waals surface area contributed by atoms with Crippen molar-refractivity contribution < 1.29 is 9.53 Å². The number of thioether (sulfide) groups is 1. The Balaban J connectivity index is 1.79. The smallest absolute Gasteiger partial charge is 0.214 e. The van der Waals surface area contributed by atoms with Crippen molar-refractivity contribution in [1.29, 1.82) is 0 Å². The van der Waals surface area contributed by atoms with Crippen molar-refractivity contribution in [3.05, 3.63) is 59.9 Å². The van der Waals surface area contributed by atoms with E-state index in [1.165, 1.54) is 11.8 Å². The first kappa shape index (κ1) is 18.9. The zero-order chi connectivity index (χ0) is 19.4. The van der Waals surface area contributed by atoms with Crippen molar-refractivity contribution in [1.82, 2.24) is 24.8 Å². The molecule has 0 aliphatic carbocycles. The molecule has 0 spiro atoms. The third kappa shape index (κ3) is 3.80. The van der Waals surface area contributed by atoms with E-state index in [0.717, 1.165) is 22.6 Å². The number of Topliss-reactive ketones (excluding diaryl/α,β-unsaturated/α-hetero) is 1. The van der Waals surface area contributed by atoms with Gasteiger partial charge in [0.15, 0.2) is 5.78 Å². The van der Waals surface area contributed by atoms with Crippen LogP contribution in [0.3, 0.4) is 0 Å². The van der Waals surface area contributed by atoms with E-state index in [9.17, 15) is 4.79 Å². The second-order valence-corrected chi connectivity index (χ2v) is 6.88. The van der Waals surface area contributed by atoms with Gasteiger partial charge in [-0.25, -0.2) is 0 Å². The van der Waals surface area contributed by atoms with Crippen LogP contribution in [0.1, 0.15) is 21.7 Å². The number of tetrazole rings is 1. The molecular weight excluding hydrogens is 362 g/mol. The monoisotopic (exact) mass is 383 g/mol. The molecule has 140 valence electrons. The van der Waals surface area contributed by atoms with Crippen LogP contribution >= 0.6 is 11.8 Å². The molecule has 8 heteroatoms. The molecule has 0 amide bonds. The van der Waals surface area contributed by atoms with Crippen molar-refractivity contribution in [2.75, 3.05) is 12.9 Å². The molecule has 2 aromatic heterocycles. The number of nitrogens with zero attached hydrogens (tertiary/aromatic N) is 5. The molecule has 0 saturated heterocycles. The van der Waals surface area contributed by atoms with Crippen molar-refractivity contribution in [2.45, 2.75) is 25.5 Å². The summed E-state index contributed by atoms with van der Waals surface area (Å²) in [4.78, 5) is 12.7. The highest BCUT2D eigenvalue weighted by molar-refractivity contribution is 7.99. The zero-order valence-electron chi connectivity index (χ0n) is 15.5. The largest absolute Gasteiger partial charge is 0.494 e. The number of benzene rings is 1. The fraction of sp³-hybridized carbons (Fsp3) is 0.263. The first-order chi connectivity index (χ1) is 13.1. The summed E-state index contributed by atoms with van der Waals surface area (Å²) < 4.78 is 9.02. The van der Waals surface area contributed by atoms with Gasteiger partial charge in [-0.05, 0) is 42.5 Å². The van der Waals surface area contributed by atoms with Crippen LogP contribution in [0.5, 0.6) is 5.75 Å². The van der Waals surface area contributed by atoms with Gasteiger partial charge >= 0.3 is 0 Å². The molecule has 1 aromatic carbocycles. The maximum absolute atomic E-state index is 12.7. The average Bonchev–Trinajstić information content (AvgIpc) is 3.26. The van der Waals surface area contributed by atoms with Gasteiger partial charge in [-0.3, -0.25) is 4.79 Å². The summed E-state index contributed by atoms with van der Waals surface area (Å²) in [5.41, 5.74) is 3.43. The number of carbonyl (C=O) groups is 1. The first-order valence-corrected chi connectivity index (χ1v) is 9.40. The minimum absolute atomic E-state index is 0.0398. The van der Waals surface area contributed by atoms with Gasteiger partial charge in [0.2, 0.25) is 5.16 Å². The SMILES string of the molecule is C=CCn1c(C)cc(C(=O)CSc2nnnn2-c2ccccc2OC)c1C. The molecule has 3 rings (SSSR count). The summed E-state index contributed by atoms with van der Waals surface area (Å²) >= 11 is 1.30. The summed E-state index contributed by atoms with van der Waals surface area (Å²) in [6.45, 7) is 8.40. The van der Waals surface area contributed by atoms with E-state index < -0.39 is 0 Å². The topological polar surface area (TPSA) is 74.8 Å². The van der Waals surface area contributed by atoms with Crippen molar-refractivity contribution in [3.8, 4) is 11.4 Å². The van der Waals surface area contributed by atoms with E-state index in [1.54, 1.807) is 11.8 Å². The predicted molar refractivity (Wildman–Crippen MR) is 105 cm³/mol. The fourth-order valence-electron chi connectivity index (χ4n) is 2.93. The number of rotatable bonds is 8. The molecule has 0 aliphatic rings. The van der Waals surface area contributed by atoms with E-state index >= 15 is 0 Å². The molecule has 2 heterocycles. The highest BCUT2D eigenvalue weighted by atomic mass is 32.2. The van der Waals surface area contributed by atoms with Crippen LogP contribution in [0.4, 0.5) is 0 Å². The lowest BCUT2D eigenvalue weighted by atomic mass is 10.2. The van der Waals surface area contributed by atoms with Gasteiger partial charge in [-0.2, -0.15) is 4.68 Å². The molecule has 0 fully saturated rings. The Hall–Kier alpha value is -2.87. The normalized spacial score (nSPS) is 10.8. The van der Waals surface area contributed by atoms with Crippen LogP contribution in [-0.4, -0.2) is 43.4 Å². The summed E-state index contributed by atoms with van der Waals surface area (Å²) in [5.74, 6) is 0.942. The number of ether oxygens (including phenoxy) is 1. The number of methoxy groups -OCH3 is 1. The Morgan fingerprint density at radius 2 is 2.11 bits per heavy atom. The average molecular weight is 383 g/mol. The number of aromatic nitrogens is 5. The molecule has 7 nitrogen and oxygen atoms in total. The van der Waals surface area contributed by atoms with Crippen LogP contribution in [0.25, 0.3) is 5.69 Å². The van der Waals surface area contributed by atoms with E-state index in [0.29, 0.717) is 17.5 Å². The summed E-state index contributed by atoms with van der Waals surface area (Å²) in [5, 5.41) is 12.4. The second-order valence-electron chi connectivity index (χ2n) is 5.94. The third-order valence-electron chi connectivity index (χ3n) is 4.27. The molecule has 0 bridgehead atoms. The number of aryl methyl sites for hydroxylation is 1. The summed E-state index contributed by atoms with van der Waals surface area (Å²) in [6.07, 6.45) is 1.82. The molecule has 0 unspecified atom stereocenters. The highest BCUT2D eigenvalue weighted by Crippen LogP contribution is 2.26. The van der Waals surface area contributed by atoms with Gasteiger partial charge in [-0.1, -0.05) is 30.0 Å².